The molecule has 2 unspecified atom stereocenters. The molecular weight excluding hydrogens is 268 g/mol. The highest BCUT2D eigenvalue weighted by Crippen LogP contribution is 2.39. The van der Waals surface area contributed by atoms with Crippen LogP contribution in [0.2, 0.25) is 0 Å². The standard InChI is InChI=1S/C12H20N2O4S/c1-4-10(7-13)19(17,18)14-6-5-12(8-14,9(2)3)11(15)16/h9-10H,4-6,8H2,1-3H3,(H,15,16). The van der Waals surface area contributed by atoms with Crippen molar-refractivity contribution in [1.82, 2.24) is 4.31 Å². The van der Waals surface area contributed by atoms with E-state index in [2.05, 4.69) is 0 Å². The fraction of sp³-hybridized carbons (Fsp3) is 0.833. The number of hydrogen-bond acceptors (Lipinski definition) is 4. The van der Waals surface area contributed by atoms with Crippen LogP contribution in [0.4, 0.5) is 0 Å². The Morgan fingerprint density at radius 2 is 2.11 bits per heavy atom. The molecule has 0 spiro atoms. The van der Waals surface area contributed by atoms with Crippen LogP contribution in [-0.2, 0) is 14.8 Å². The van der Waals surface area contributed by atoms with Crippen molar-refractivity contribution >= 4 is 16.0 Å². The number of rotatable bonds is 5. The van der Waals surface area contributed by atoms with Crippen molar-refractivity contribution in [3.05, 3.63) is 0 Å². The number of sulfonamides is 1. The first-order valence-electron chi connectivity index (χ1n) is 6.34. The molecular formula is C12H20N2O4S. The summed E-state index contributed by atoms with van der Waals surface area (Å²) in [4.78, 5) is 11.5. The maximum Gasteiger partial charge on any atom is 0.311 e. The average Bonchev–Trinajstić information content (AvgIpc) is 2.76. The molecule has 1 heterocycles. The zero-order chi connectivity index (χ0) is 14.8. The SMILES string of the molecule is CCC(C#N)S(=O)(=O)N1CCC(C(=O)O)(C(C)C)C1. The maximum atomic E-state index is 12.2. The Morgan fingerprint density at radius 3 is 2.42 bits per heavy atom. The Morgan fingerprint density at radius 1 is 1.53 bits per heavy atom. The zero-order valence-electron chi connectivity index (χ0n) is 11.5. The second kappa shape index (κ2) is 5.47. The molecule has 0 bridgehead atoms. The number of aliphatic carboxylic acids is 1. The van der Waals surface area contributed by atoms with Crippen LogP contribution in [0.1, 0.15) is 33.6 Å². The highest BCUT2D eigenvalue weighted by molar-refractivity contribution is 7.90. The molecule has 2 atom stereocenters. The van der Waals surface area contributed by atoms with Crippen LogP contribution in [0.3, 0.4) is 0 Å². The minimum Gasteiger partial charge on any atom is -0.481 e. The van der Waals surface area contributed by atoms with Gasteiger partial charge in [-0.3, -0.25) is 4.79 Å². The lowest BCUT2D eigenvalue weighted by Crippen LogP contribution is -2.42. The van der Waals surface area contributed by atoms with Gasteiger partial charge in [-0.1, -0.05) is 20.8 Å². The van der Waals surface area contributed by atoms with E-state index in [4.69, 9.17) is 5.26 Å². The van der Waals surface area contributed by atoms with E-state index in [-0.39, 0.29) is 25.4 Å². The molecule has 7 heteroatoms. The van der Waals surface area contributed by atoms with Crippen molar-refractivity contribution in [1.29, 1.82) is 5.26 Å². The van der Waals surface area contributed by atoms with Crippen LogP contribution < -0.4 is 0 Å². The largest absolute Gasteiger partial charge is 0.481 e. The first kappa shape index (κ1) is 15.9. The molecule has 0 amide bonds. The third-order valence-electron chi connectivity index (χ3n) is 4.03. The van der Waals surface area contributed by atoms with E-state index < -0.39 is 26.7 Å². The van der Waals surface area contributed by atoms with Gasteiger partial charge in [0.25, 0.3) is 0 Å². The lowest BCUT2D eigenvalue weighted by molar-refractivity contribution is -0.150. The Kier molecular flexibility index (Phi) is 4.59. The van der Waals surface area contributed by atoms with Crippen molar-refractivity contribution in [2.24, 2.45) is 11.3 Å². The third kappa shape index (κ3) is 2.60. The predicted octanol–water partition coefficient (Wildman–Crippen LogP) is 1.05. The average molecular weight is 288 g/mol. The van der Waals surface area contributed by atoms with E-state index in [1.54, 1.807) is 26.8 Å². The first-order valence-corrected chi connectivity index (χ1v) is 7.84. The smallest absolute Gasteiger partial charge is 0.311 e. The summed E-state index contributed by atoms with van der Waals surface area (Å²) in [6.45, 7) is 5.33. The van der Waals surface area contributed by atoms with E-state index in [0.29, 0.717) is 6.42 Å². The van der Waals surface area contributed by atoms with Crippen LogP contribution in [0.15, 0.2) is 0 Å². The first-order chi connectivity index (χ1) is 8.72. The van der Waals surface area contributed by atoms with Gasteiger partial charge in [0, 0.05) is 13.1 Å². The zero-order valence-corrected chi connectivity index (χ0v) is 12.3. The summed E-state index contributed by atoms with van der Waals surface area (Å²) in [5, 5.41) is 17.2. The quantitative estimate of drug-likeness (QED) is 0.815. The van der Waals surface area contributed by atoms with Gasteiger partial charge in [-0.05, 0) is 18.8 Å². The molecule has 0 radical (unpaired) electrons. The van der Waals surface area contributed by atoms with Gasteiger partial charge in [0.1, 0.15) is 0 Å². The van der Waals surface area contributed by atoms with Gasteiger partial charge in [0.15, 0.2) is 5.25 Å². The van der Waals surface area contributed by atoms with Gasteiger partial charge in [-0.15, -0.1) is 0 Å². The molecule has 6 nitrogen and oxygen atoms in total. The van der Waals surface area contributed by atoms with Crippen LogP contribution in [0, 0.1) is 22.7 Å². The van der Waals surface area contributed by atoms with Gasteiger partial charge in [-0.2, -0.15) is 9.57 Å². The lowest BCUT2D eigenvalue weighted by Gasteiger charge is -2.29. The van der Waals surface area contributed by atoms with Crippen molar-refractivity contribution < 1.29 is 18.3 Å². The number of carboxylic acids is 1. The maximum absolute atomic E-state index is 12.2. The van der Waals surface area contributed by atoms with Gasteiger partial charge in [0.2, 0.25) is 10.0 Å². The molecule has 0 aliphatic carbocycles. The number of nitrogens with zero attached hydrogens (tertiary/aromatic N) is 2. The van der Waals surface area contributed by atoms with Crippen molar-refractivity contribution in [2.75, 3.05) is 13.1 Å². The topological polar surface area (TPSA) is 98.5 Å². The van der Waals surface area contributed by atoms with Gasteiger partial charge in [0.05, 0.1) is 11.5 Å². The molecule has 0 aromatic heterocycles. The second-order valence-electron chi connectivity index (χ2n) is 5.27. The van der Waals surface area contributed by atoms with Gasteiger partial charge in [-0.25, -0.2) is 8.42 Å². The van der Waals surface area contributed by atoms with Gasteiger partial charge < -0.3 is 5.11 Å². The Balaban J connectivity index is 3.05. The van der Waals surface area contributed by atoms with Crippen molar-refractivity contribution in [2.45, 2.75) is 38.9 Å². The summed E-state index contributed by atoms with van der Waals surface area (Å²) in [6.07, 6.45) is 0.498. The molecule has 1 rings (SSSR count). The summed E-state index contributed by atoms with van der Waals surface area (Å²) in [6, 6.07) is 1.78. The van der Waals surface area contributed by atoms with Crippen LogP contribution >= 0.6 is 0 Å². The second-order valence-corrected chi connectivity index (χ2v) is 7.39. The normalized spacial score (nSPS) is 26.3. The molecule has 1 aliphatic rings. The molecule has 0 saturated carbocycles. The molecule has 1 fully saturated rings. The van der Waals surface area contributed by atoms with Crippen molar-refractivity contribution in [3.8, 4) is 6.07 Å². The summed E-state index contributed by atoms with van der Waals surface area (Å²) >= 11 is 0. The molecule has 1 N–H and O–H groups in total. The minimum atomic E-state index is -3.73. The highest BCUT2D eigenvalue weighted by Gasteiger charge is 2.51. The summed E-state index contributed by atoms with van der Waals surface area (Å²) in [7, 11) is -3.73. The van der Waals surface area contributed by atoms with E-state index in [1.807, 2.05) is 0 Å². The Hall–Kier alpha value is -1.13. The summed E-state index contributed by atoms with van der Waals surface area (Å²) in [5.41, 5.74) is -1.04. The molecule has 19 heavy (non-hydrogen) atoms. The van der Waals surface area contributed by atoms with E-state index in [9.17, 15) is 18.3 Å². The number of carbonyl (C=O) groups is 1. The van der Waals surface area contributed by atoms with E-state index >= 15 is 0 Å². The summed E-state index contributed by atoms with van der Waals surface area (Å²) in [5.74, 6) is -1.13. The fourth-order valence-corrected chi connectivity index (χ4v) is 4.13. The molecule has 0 aromatic rings. The molecule has 0 aromatic carbocycles. The van der Waals surface area contributed by atoms with Gasteiger partial charge >= 0.3 is 5.97 Å². The number of hydrogen-bond donors (Lipinski definition) is 1. The minimum absolute atomic E-state index is 0.0412. The monoisotopic (exact) mass is 288 g/mol. The highest BCUT2D eigenvalue weighted by atomic mass is 32.2. The van der Waals surface area contributed by atoms with Crippen LogP contribution in [-0.4, -0.2) is 42.1 Å². The predicted molar refractivity (Wildman–Crippen MR) is 69.7 cm³/mol. The Bertz CT molecular complexity index is 494. The van der Waals surface area contributed by atoms with E-state index in [1.165, 1.54) is 4.31 Å². The fourth-order valence-electron chi connectivity index (χ4n) is 2.46. The number of nitriles is 1. The molecule has 1 saturated heterocycles. The molecule has 1 aliphatic heterocycles. The third-order valence-corrected chi connectivity index (χ3v) is 6.22. The van der Waals surface area contributed by atoms with E-state index in [0.717, 1.165) is 0 Å². The number of carboxylic acid groups (broad SMARTS) is 1. The van der Waals surface area contributed by atoms with Crippen LogP contribution in [0.5, 0.6) is 0 Å². The van der Waals surface area contributed by atoms with Crippen LogP contribution in [0.25, 0.3) is 0 Å². The Labute approximate surface area is 114 Å². The molecule has 108 valence electrons. The lowest BCUT2D eigenvalue weighted by atomic mass is 9.77. The summed E-state index contributed by atoms with van der Waals surface area (Å²) < 4.78 is 25.6. The van der Waals surface area contributed by atoms with Crippen molar-refractivity contribution in [3.63, 3.8) is 0 Å².